The molecule has 8 atom stereocenters. The van der Waals surface area contributed by atoms with Gasteiger partial charge in [0.1, 0.15) is 0 Å². The van der Waals surface area contributed by atoms with Crippen LogP contribution in [0.25, 0.3) is 0 Å². The molecule has 3 fully saturated rings. The second kappa shape index (κ2) is 5.33. The van der Waals surface area contributed by atoms with E-state index in [-0.39, 0.29) is 22.3 Å². The van der Waals surface area contributed by atoms with Crippen molar-refractivity contribution < 1.29 is 15.3 Å². The zero-order valence-electron chi connectivity index (χ0n) is 16.4. The van der Waals surface area contributed by atoms with Gasteiger partial charge < -0.3 is 15.3 Å². The summed E-state index contributed by atoms with van der Waals surface area (Å²) in [4.78, 5) is 0. The second-order valence-electron chi connectivity index (χ2n) is 10.5. The predicted molar refractivity (Wildman–Crippen MR) is 99.0 cm³/mol. The summed E-state index contributed by atoms with van der Waals surface area (Å²) in [5.41, 5.74) is 0.853. The lowest BCUT2D eigenvalue weighted by Gasteiger charge is -2.62. The number of hydrogen-bond acceptors (Lipinski definition) is 3. The Balaban J connectivity index is 1.73. The van der Waals surface area contributed by atoms with Gasteiger partial charge in [-0.15, -0.1) is 0 Å². The molecule has 0 saturated heterocycles. The highest BCUT2D eigenvalue weighted by molar-refractivity contribution is 5.31. The molecule has 3 nitrogen and oxygen atoms in total. The maximum Gasteiger partial charge on any atom is 0.0961 e. The van der Waals surface area contributed by atoms with E-state index in [0.717, 1.165) is 44.9 Å². The minimum atomic E-state index is -0.951. The molecule has 0 spiro atoms. The normalized spacial score (nSPS) is 56.4. The lowest BCUT2D eigenvalue weighted by atomic mass is 9.43. The van der Waals surface area contributed by atoms with E-state index in [1.165, 1.54) is 0 Å². The topological polar surface area (TPSA) is 60.7 Å². The van der Waals surface area contributed by atoms with Gasteiger partial charge in [0.15, 0.2) is 0 Å². The molecule has 25 heavy (non-hydrogen) atoms. The fourth-order valence-electron chi connectivity index (χ4n) is 7.58. The van der Waals surface area contributed by atoms with E-state index in [4.69, 9.17) is 0 Å². The zero-order valence-corrected chi connectivity index (χ0v) is 16.4. The van der Waals surface area contributed by atoms with Crippen LogP contribution in [-0.4, -0.2) is 33.1 Å². The van der Waals surface area contributed by atoms with Gasteiger partial charge in [-0.1, -0.05) is 32.4 Å². The first-order chi connectivity index (χ1) is 11.6. The summed E-state index contributed by atoms with van der Waals surface area (Å²) in [7, 11) is 0. The van der Waals surface area contributed by atoms with Crippen molar-refractivity contribution in [2.24, 2.45) is 28.1 Å². The molecule has 0 aromatic heterocycles. The molecule has 3 saturated carbocycles. The highest BCUT2D eigenvalue weighted by Gasteiger charge is 2.65. The van der Waals surface area contributed by atoms with Crippen molar-refractivity contribution in [3.8, 4) is 0 Å². The molecule has 3 heteroatoms. The van der Waals surface area contributed by atoms with Crippen molar-refractivity contribution in [2.45, 2.75) is 96.9 Å². The highest BCUT2D eigenvalue weighted by Crippen LogP contribution is 2.69. The molecule has 3 N–H and O–H groups in total. The summed E-state index contributed by atoms with van der Waals surface area (Å²) < 4.78 is 0. The minimum absolute atomic E-state index is 0.145. The Morgan fingerprint density at radius 1 is 1.00 bits per heavy atom. The van der Waals surface area contributed by atoms with Crippen LogP contribution in [0, 0.1) is 28.1 Å². The van der Waals surface area contributed by atoms with Gasteiger partial charge in [0, 0.05) is 5.41 Å². The Morgan fingerprint density at radius 2 is 1.60 bits per heavy atom. The molecule has 0 bridgehead atoms. The fourth-order valence-corrected chi connectivity index (χ4v) is 7.58. The molecule has 0 aromatic rings. The summed E-state index contributed by atoms with van der Waals surface area (Å²) in [5.74, 6) is 0.979. The zero-order chi connectivity index (χ0) is 18.3. The van der Waals surface area contributed by atoms with Crippen molar-refractivity contribution >= 4 is 0 Å². The van der Waals surface area contributed by atoms with E-state index in [2.05, 4.69) is 26.8 Å². The van der Waals surface area contributed by atoms with Crippen LogP contribution in [0.15, 0.2) is 11.6 Å². The number of aliphatic hydroxyl groups is 3. The van der Waals surface area contributed by atoms with Crippen LogP contribution >= 0.6 is 0 Å². The molecular formula is C22H36O3. The number of aliphatic hydroxyl groups excluding tert-OH is 2. The molecule has 4 aliphatic carbocycles. The van der Waals surface area contributed by atoms with Gasteiger partial charge in [0.05, 0.1) is 17.8 Å². The van der Waals surface area contributed by atoms with E-state index in [0.29, 0.717) is 18.3 Å². The maximum atomic E-state index is 11.3. The van der Waals surface area contributed by atoms with Gasteiger partial charge in [-0.05, 0) is 81.0 Å². The summed E-state index contributed by atoms with van der Waals surface area (Å²) in [6.07, 6.45) is 9.47. The molecular weight excluding hydrogens is 312 g/mol. The summed E-state index contributed by atoms with van der Waals surface area (Å²) in [6, 6.07) is 0. The lowest BCUT2D eigenvalue weighted by Crippen LogP contribution is -2.58. The van der Waals surface area contributed by atoms with Crippen molar-refractivity contribution in [2.75, 3.05) is 0 Å². The number of hydrogen-bond donors (Lipinski definition) is 3. The molecule has 0 radical (unpaired) electrons. The Hall–Kier alpha value is -0.380. The highest BCUT2D eigenvalue weighted by atomic mass is 16.3. The molecule has 4 aliphatic rings. The van der Waals surface area contributed by atoms with Crippen LogP contribution in [0.3, 0.4) is 0 Å². The van der Waals surface area contributed by atoms with Crippen LogP contribution in [0.1, 0.15) is 79.1 Å². The van der Waals surface area contributed by atoms with Gasteiger partial charge in [-0.25, -0.2) is 0 Å². The summed E-state index contributed by atoms with van der Waals surface area (Å²) >= 11 is 0. The van der Waals surface area contributed by atoms with E-state index in [9.17, 15) is 15.3 Å². The van der Waals surface area contributed by atoms with E-state index >= 15 is 0 Å². The molecule has 0 aliphatic heterocycles. The second-order valence-corrected chi connectivity index (χ2v) is 10.5. The standard InChI is InChI=1S/C22H36O3/c1-14(23)22(25)12-8-18-16-6-9-19(2)13-15(24)5-10-20(19,3)17(16)7-11-21(18,22)4/h6,14-15,17-18,23-25H,5,7-13H2,1-4H3. The monoisotopic (exact) mass is 348 g/mol. The van der Waals surface area contributed by atoms with Crippen LogP contribution < -0.4 is 0 Å². The van der Waals surface area contributed by atoms with Crippen molar-refractivity contribution in [1.29, 1.82) is 0 Å². The number of rotatable bonds is 1. The average molecular weight is 349 g/mol. The van der Waals surface area contributed by atoms with E-state index in [1.807, 2.05) is 0 Å². The largest absolute Gasteiger partial charge is 0.393 e. The Bertz CT molecular complexity index is 598. The van der Waals surface area contributed by atoms with E-state index in [1.54, 1.807) is 12.5 Å². The third-order valence-electron chi connectivity index (χ3n) is 9.64. The molecule has 0 amide bonds. The first-order valence-corrected chi connectivity index (χ1v) is 10.4. The van der Waals surface area contributed by atoms with Crippen LogP contribution in [0.5, 0.6) is 0 Å². The van der Waals surface area contributed by atoms with Gasteiger partial charge >= 0.3 is 0 Å². The van der Waals surface area contributed by atoms with Gasteiger partial charge in [0.25, 0.3) is 0 Å². The van der Waals surface area contributed by atoms with Gasteiger partial charge in [-0.3, -0.25) is 0 Å². The lowest BCUT2D eigenvalue weighted by molar-refractivity contribution is -0.157. The first kappa shape index (κ1) is 18.0. The van der Waals surface area contributed by atoms with Crippen molar-refractivity contribution in [3.05, 3.63) is 11.6 Å². The van der Waals surface area contributed by atoms with Gasteiger partial charge in [0.2, 0.25) is 0 Å². The number of allylic oxidation sites excluding steroid dienone is 2. The summed E-state index contributed by atoms with van der Waals surface area (Å²) in [5, 5.41) is 31.9. The Morgan fingerprint density at radius 3 is 2.28 bits per heavy atom. The third kappa shape index (κ3) is 2.09. The molecule has 4 rings (SSSR count). The van der Waals surface area contributed by atoms with Crippen LogP contribution in [-0.2, 0) is 0 Å². The molecule has 0 aromatic carbocycles. The number of fused-ring (bicyclic) bond motifs is 5. The minimum Gasteiger partial charge on any atom is -0.393 e. The smallest absolute Gasteiger partial charge is 0.0961 e. The third-order valence-corrected chi connectivity index (χ3v) is 9.64. The van der Waals surface area contributed by atoms with Crippen LogP contribution in [0.4, 0.5) is 0 Å². The quantitative estimate of drug-likeness (QED) is 0.632. The average Bonchev–Trinajstić information content (AvgIpc) is 2.82. The summed E-state index contributed by atoms with van der Waals surface area (Å²) in [6.45, 7) is 8.83. The van der Waals surface area contributed by atoms with Crippen LogP contribution in [0.2, 0.25) is 0 Å². The Kier molecular flexibility index (Phi) is 3.84. The molecule has 8 unspecified atom stereocenters. The molecule has 142 valence electrons. The predicted octanol–water partition coefficient (Wildman–Crippen LogP) is 3.81. The van der Waals surface area contributed by atoms with E-state index < -0.39 is 11.7 Å². The fraction of sp³-hybridized carbons (Fsp3) is 0.909. The Labute approximate surface area is 152 Å². The molecule has 0 heterocycles. The van der Waals surface area contributed by atoms with Crippen molar-refractivity contribution in [3.63, 3.8) is 0 Å². The van der Waals surface area contributed by atoms with Crippen molar-refractivity contribution in [1.82, 2.24) is 0 Å². The first-order valence-electron chi connectivity index (χ1n) is 10.4. The van der Waals surface area contributed by atoms with Gasteiger partial charge in [-0.2, -0.15) is 0 Å². The SMILES string of the molecule is CC(O)C1(O)CCC2C3=CCC4(C)CC(O)CCC4(C)C3CCC21C. The maximum absolute atomic E-state index is 11.3.